The Morgan fingerprint density at radius 3 is 2.66 bits per heavy atom. The fraction of sp³-hybridized carbons (Fsp3) is 0.560. The number of aryl methyl sites for hydroxylation is 1. The molecule has 3 heterocycles. The first-order valence-corrected chi connectivity index (χ1v) is 11.9. The Bertz CT molecular complexity index is 932. The van der Waals surface area contributed by atoms with Crippen LogP contribution in [-0.2, 0) is 11.2 Å². The Morgan fingerprint density at radius 2 is 1.91 bits per heavy atom. The monoisotopic (exact) mass is 435 g/mol. The molecule has 7 nitrogen and oxygen atoms in total. The standard InChI is InChI=1S/C25H33N5O2/c1-31-23-11-6-18(16-26-23)21-4-2-3-5-22-24(21)25(28-17-27-22)29-19-7-9-20(10-8-19)30-12-14-32-15-13-30/h4,6,11,16-17,19-20H,2-3,5,7-10,12-15H2,1H3,(H,27,28,29). The van der Waals surface area contributed by atoms with Crippen molar-refractivity contribution in [3.05, 3.63) is 47.6 Å². The van der Waals surface area contributed by atoms with Gasteiger partial charge < -0.3 is 14.8 Å². The van der Waals surface area contributed by atoms with Gasteiger partial charge in [0.05, 0.1) is 26.0 Å². The van der Waals surface area contributed by atoms with Gasteiger partial charge in [-0.05, 0) is 56.6 Å². The number of hydrogen-bond acceptors (Lipinski definition) is 7. The predicted molar refractivity (Wildman–Crippen MR) is 125 cm³/mol. The molecule has 1 aliphatic heterocycles. The summed E-state index contributed by atoms with van der Waals surface area (Å²) in [5.41, 5.74) is 4.54. The van der Waals surface area contributed by atoms with E-state index < -0.39 is 0 Å². The van der Waals surface area contributed by atoms with E-state index in [9.17, 15) is 0 Å². The van der Waals surface area contributed by atoms with Crippen LogP contribution in [0.25, 0.3) is 5.57 Å². The van der Waals surface area contributed by atoms with E-state index in [-0.39, 0.29) is 0 Å². The molecule has 32 heavy (non-hydrogen) atoms. The van der Waals surface area contributed by atoms with Gasteiger partial charge in [0, 0.05) is 48.6 Å². The van der Waals surface area contributed by atoms with E-state index in [4.69, 9.17) is 14.5 Å². The van der Waals surface area contributed by atoms with Crippen molar-refractivity contribution in [3.63, 3.8) is 0 Å². The third kappa shape index (κ3) is 4.64. The van der Waals surface area contributed by atoms with Gasteiger partial charge in [-0.2, -0.15) is 0 Å². The highest BCUT2D eigenvalue weighted by atomic mass is 16.5. The fourth-order valence-electron chi connectivity index (χ4n) is 5.27. The highest BCUT2D eigenvalue weighted by Gasteiger charge is 2.28. The molecule has 2 fully saturated rings. The molecule has 1 N–H and O–H groups in total. The number of anilines is 1. The van der Waals surface area contributed by atoms with Crippen molar-refractivity contribution < 1.29 is 9.47 Å². The van der Waals surface area contributed by atoms with Crippen molar-refractivity contribution >= 4 is 11.4 Å². The molecule has 170 valence electrons. The summed E-state index contributed by atoms with van der Waals surface area (Å²) in [6, 6.07) is 5.15. The van der Waals surface area contributed by atoms with Gasteiger partial charge in [0.15, 0.2) is 0 Å². The molecule has 0 aromatic carbocycles. The van der Waals surface area contributed by atoms with E-state index in [1.54, 1.807) is 13.4 Å². The number of morpholine rings is 1. The van der Waals surface area contributed by atoms with E-state index in [2.05, 4.69) is 32.3 Å². The van der Waals surface area contributed by atoms with Gasteiger partial charge in [-0.3, -0.25) is 4.90 Å². The number of pyridine rings is 1. The Morgan fingerprint density at radius 1 is 1.06 bits per heavy atom. The molecule has 0 atom stereocenters. The largest absolute Gasteiger partial charge is 0.481 e. The molecule has 0 amide bonds. The van der Waals surface area contributed by atoms with E-state index in [1.165, 1.54) is 31.3 Å². The first kappa shape index (κ1) is 21.3. The lowest BCUT2D eigenvalue weighted by atomic mass is 9.89. The maximum Gasteiger partial charge on any atom is 0.212 e. The molecule has 2 aromatic rings. The number of nitrogens with zero attached hydrogens (tertiary/aromatic N) is 4. The number of rotatable bonds is 5. The highest BCUT2D eigenvalue weighted by Crippen LogP contribution is 2.35. The maximum atomic E-state index is 5.53. The van der Waals surface area contributed by atoms with E-state index in [0.717, 1.165) is 68.2 Å². The summed E-state index contributed by atoms with van der Waals surface area (Å²) >= 11 is 0. The quantitative estimate of drug-likeness (QED) is 0.768. The lowest BCUT2D eigenvalue weighted by Crippen LogP contribution is -2.46. The Kier molecular flexibility index (Phi) is 6.64. The molecule has 0 unspecified atom stereocenters. The molecule has 0 bridgehead atoms. The zero-order valence-corrected chi connectivity index (χ0v) is 18.9. The number of fused-ring (bicyclic) bond motifs is 1. The van der Waals surface area contributed by atoms with Gasteiger partial charge in [0.1, 0.15) is 12.1 Å². The van der Waals surface area contributed by atoms with Crippen LogP contribution >= 0.6 is 0 Å². The molecule has 3 aliphatic rings. The fourth-order valence-corrected chi connectivity index (χ4v) is 5.27. The molecule has 1 saturated heterocycles. The average Bonchev–Trinajstić information content (AvgIpc) is 3.08. The predicted octanol–water partition coefficient (Wildman–Crippen LogP) is 3.70. The van der Waals surface area contributed by atoms with Crippen molar-refractivity contribution in [1.82, 2.24) is 19.9 Å². The Labute approximate surface area is 190 Å². The van der Waals surface area contributed by atoms with Crippen LogP contribution in [0.15, 0.2) is 30.7 Å². The van der Waals surface area contributed by atoms with Gasteiger partial charge in [-0.15, -0.1) is 0 Å². The van der Waals surface area contributed by atoms with Gasteiger partial charge in [0.25, 0.3) is 0 Å². The number of aromatic nitrogens is 3. The molecule has 5 rings (SSSR count). The molecule has 0 radical (unpaired) electrons. The van der Waals surface area contributed by atoms with Crippen LogP contribution in [0.5, 0.6) is 5.88 Å². The second-order valence-electron chi connectivity index (χ2n) is 8.94. The lowest BCUT2D eigenvalue weighted by molar-refractivity contribution is 0.00790. The molecule has 2 aromatic heterocycles. The Hall–Kier alpha value is -2.51. The van der Waals surface area contributed by atoms with Crippen molar-refractivity contribution in [2.75, 3.05) is 38.7 Å². The summed E-state index contributed by atoms with van der Waals surface area (Å²) in [6.45, 7) is 3.90. The van der Waals surface area contributed by atoms with Crippen LogP contribution in [0.1, 0.15) is 55.3 Å². The Balaban J connectivity index is 1.34. The number of ether oxygens (including phenoxy) is 2. The molecule has 2 aliphatic carbocycles. The molecular weight excluding hydrogens is 402 g/mol. The number of nitrogens with one attached hydrogen (secondary N) is 1. The number of methoxy groups -OCH3 is 1. The second kappa shape index (κ2) is 9.96. The maximum absolute atomic E-state index is 5.53. The molecule has 0 spiro atoms. The topological polar surface area (TPSA) is 72.4 Å². The van der Waals surface area contributed by atoms with Gasteiger partial charge >= 0.3 is 0 Å². The summed E-state index contributed by atoms with van der Waals surface area (Å²) in [7, 11) is 1.64. The SMILES string of the molecule is COc1ccc(C2=CCCCc3ncnc(NC4CCC(N5CCOCC5)CC4)c32)cn1. The van der Waals surface area contributed by atoms with E-state index in [0.29, 0.717) is 18.0 Å². The average molecular weight is 436 g/mol. The smallest absolute Gasteiger partial charge is 0.212 e. The van der Waals surface area contributed by atoms with Gasteiger partial charge in [-0.25, -0.2) is 15.0 Å². The normalized spacial score (nSPS) is 24.2. The van der Waals surface area contributed by atoms with Crippen LogP contribution in [0.2, 0.25) is 0 Å². The zero-order valence-electron chi connectivity index (χ0n) is 18.9. The summed E-state index contributed by atoms with van der Waals surface area (Å²) in [5.74, 6) is 1.59. The number of allylic oxidation sites excluding steroid dienone is 1. The van der Waals surface area contributed by atoms with Crippen LogP contribution in [0.4, 0.5) is 5.82 Å². The van der Waals surface area contributed by atoms with Crippen molar-refractivity contribution in [2.45, 2.75) is 57.0 Å². The molecular formula is C25H33N5O2. The first-order valence-electron chi connectivity index (χ1n) is 11.9. The summed E-state index contributed by atoms with van der Waals surface area (Å²) < 4.78 is 10.8. The van der Waals surface area contributed by atoms with E-state index in [1.807, 2.05) is 12.3 Å². The third-order valence-electron chi connectivity index (χ3n) is 7.02. The first-order chi connectivity index (χ1) is 15.8. The minimum absolute atomic E-state index is 0.449. The van der Waals surface area contributed by atoms with Crippen molar-refractivity contribution in [2.24, 2.45) is 0 Å². The number of hydrogen-bond donors (Lipinski definition) is 1. The lowest BCUT2D eigenvalue weighted by Gasteiger charge is -2.39. The van der Waals surface area contributed by atoms with Crippen LogP contribution in [0.3, 0.4) is 0 Å². The van der Waals surface area contributed by atoms with Crippen LogP contribution in [0, 0.1) is 0 Å². The van der Waals surface area contributed by atoms with Crippen LogP contribution < -0.4 is 10.1 Å². The third-order valence-corrected chi connectivity index (χ3v) is 7.02. The van der Waals surface area contributed by atoms with Gasteiger partial charge in [0.2, 0.25) is 5.88 Å². The van der Waals surface area contributed by atoms with Crippen molar-refractivity contribution in [3.8, 4) is 5.88 Å². The van der Waals surface area contributed by atoms with E-state index >= 15 is 0 Å². The second-order valence-corrected chi connectivity index (χ2v) is 8.94. The van der Waals surface area contributed by atoms with Crippen LogP contribution in [-0.4, -0.2) is 65.3 Å². The summed E-state index contributed by atoms with van der Waals surface area (Å²) in [5, 5.41) is 3.80. The molecule has 7 heteroatoms. The zero-order chi connectivity index (χ0) is 21.8. The summed E-state index contributed by atoms with van der Waals surface area (Å²) in [4.78, 5) is 16.4. The van der Waals surface area contributed by atoms with Gasteiger partial charge in [-0.1, -0.05) is 6.08 Å². The highest BCUT2D eigenvalue weighted by molar-refractivity contribution is 5.86. The summed E-state index contributed by atoms with van der Waals surface area (Å²) in [6.07, 6.45) is 13.8. The minimum Gasteiger partial charge on any atom is -0.481 e. The van der Waals surface area contributed by atoms with Crippen molar-refractivity contribution in [1.29, 1.82) is 0 Å². The molecule has 1 saturated carbocycles. The minimum atomic E-state index is 0.449.